The third kappa shape index (κ3) is 3.39. The number of hydrogen-bond acceptors (Lipinski definition) is 4. The van der Waals surface area contributed by atoms with Crippen molar-refractivity contribution in [3.8, 4) is 0 Å². The Labute approximate surface area is 115 Å². The SMILES string of the molecule is CN(C)c1ccc(N2CCN(S(C)(=O)=O)CC2)cc1. The average Bonchev–Trinajstić information content (AvgIpc) is 2.38. The van der Waals surface area contributed by atoms with Crippen LogP contribution in [0.4, 0.5) is 11.4 Å². The van der Waals surface area contributed by atoms with Crippen molar-refractivity contribution in [2.45, 2.75) is 0 Å². The molecule has 0 aromatic heterocycles. The molecule has 1 aliphatic heterocycles. The Morgan fingerprint density at radius 2 is 1.53 bits per heavy atom. The fourth-order valence-electron chi connectivity index (χ4n) is 2.24. The van der Waals surface area contributed by atoms with Crippen LogP contribution in [-0.4, -0.2) is 59.3 Å². The highest BCUT2D eigenvalue weighted by molar-refractivity contribution is 7.88. The minimum atomic E-state index is -3.05. The molecule has 0 atom stereocenters. The van der Waals surface area contributed by atoms with Crippen molar-refractivity contribution in [1.82, 2.24) is 4.31 Å². The molecule has 0 spiro atoms. The molecule has 1 aliphatic rings. The van der Waals surface area contributed by atoms with Crippen LogP contribution >= 0.6 is 0 Å². The first-order valence-electron chi connectivity index (χ1n) is 6.35. The van der Waals surface area contributed by atoms with Gasteiger partial charge in [-0.05, 0) is 24.3 Å². The molecule has 106 valence electrons. The molecule has 0 N–H and O–H groups in total. The van der Waals surface area contributed by atoms with E-state index in [1.807, 2.05) is 14.1 Å². The van der Waals surface area contributed by atoms with Gasteiger partial charge in [0.2, 0.25) is 10.0 Å². The summed E-state index contributed by atoms with van der Waals surface area (Å²) in [7, 11) is 0.978. The largest absolute Gasteiger partial charge is 0.378 e. The number of rotatable bonds is 3. The monoisotopic (exact) mass is 283 g/mol. The second-order valence-electron chi connectivity index (χ2n) is 5.06. The summed E-state index contributed by atoms with van der Waals surface area (Å²) in [6.45, 7) is 2.62. The lowest BCUT2D eigenvalue weighted by atomic mass is 10.2. The second-order valence-corrected chi connectivity index (χ2v) is 7.04. The van der Waals surface area contributed by atoms with Crippen LogP contribution in [0.25, 0.3) is 0 Å². The lowest BCUT2D eigenvalue weighted by Gasteiger charge is -2.34. The zero-order valence-corrected chi connectivity index (χ0v) is 12.5. The Morgan fingerprint density at radius 3 is 1.95 bits per heavy atom. The summed E-state index contributed by atoms with van der Waals surface area (Å²) in [6.07, 6.45) is 1.27. The number of nitrogens with zero attached hydrogens (tertiary/aromatic N) is 3. The standard InChI is InChI=1S/C13H21N3O2S/c1-14(2)12-4-6-13(7-5-12)15-8-10-16(11-9-15)19(3,17)18/h4-7H,8-11H2,1-3H3. The van der Waals surface area contributed by atoms with Crippen LogP contribution < -0.4 is 9.80 Å². The second kappa shape index (κ2) is 5.38. The van der Waals surface area contributed by atoms with Gasteiger partial charge in [0.15, 0.2) is 0 Å². The molecule has 1 saturated heterocycles. The number of benzene rings is 1. The molecule has 1 heterocycles. The Morgan fingerprint density at radius 1 is 1.00 bits per heavy atom. The van der Waals surface area contributed by atoms with Crippen LogP contribution in [0, 0.1) is 0 Å². The maximum Gasteiger partial charge on any atom is 0.211 e. The Bertz CT molecular complexity index is 517. The Hall–Kier alpha value is -1.27. The fourth-order valence-corrected chi connectivity index (χ4v) is 3.07. The van der Waals surface area contributed by atoms with Crippen molar-refractivity contribution in [3.63, 3.8) is 0 Å². The topological polar surface area (TPSA) is 43.9 Å². The van der Waals surface area contributed by atoms with E-state index >= 15 is 0 Å². The molecule has 19 heavy (non-hydrogen) atoms. The van der Waals surface area contributed by atoms with Crippen molar-refractivity contribution in [3.05, 3.63) is 24.3 Å². The van der Waals surface area contributed by atoms with Crippen LogP contribution in [0.5, 0.6) is 0 Å². The molecule has 0 saturated carbocycles. The number of hydrogen-bond donors (Lipinski definition) is 0. The lowest BCUT2D eigenvalue weighted by Crippen LogP contribution is -2.48. The first-order valence-corrected chi connectivity index (χ1v) is 8.20. The van der Waals surface area contributed by atoms with Crippen LogP contribution in [0.3, 0.4) is 0 Å². The van der Waals surface area contributed by atoms with Crippen LogP contribution in [0.1, 0.15) is 0 Å². The van der Waals surface area contributed by atoms with E-state index < -0.39 is 10.0 Å². The molecule has 1 fully saturated rings. The van der Waals surface area contributed by atoms with Gasteiger partial charge in [-0.2, -0.15) is 4.31 Å². The van der Waals surface area contributed by atoms with E-state index in [-0.39, 0.29) is 0 Å². The Balaban J connectivity index is 2.02. The van der Waals surface area contributed by atoms with Crippen LogP contribution in [0.2, 0.25) is 0 Å². The van der Waals surface area contributed by atoms with Gasteiger partial charge in [-0.1, -0.05) is 0 Å². The smallest absolute Gasteiger partial charge is 0.211 e. The van der Waals surface area contributed by atoms with E-state index in [9.17, 15) is 8.42 Å². The molecule has 6 heteroatoms. The van der Waals surface area contributed by atoms with E-state index in [2.05, 4.69) is 34.1 Å². The van der Waals surface area contributed by atoms with E-state index in [0.717, 1.165) is 18.8 Å². The van der Waals surface area contributed by atoms with E-state index in [1.165, 1.54) is 16.2 Å². The lowest BCUT2D eigenvalue weighted by molar-refractivity contribution is 0.388. The zero-order chi connectivity index (χ0) is 14.0. The van der Waals surface area contributed by atoms with Gasteiger partial charge in [-0.15, -0.1) is 0 Å². The summed E-state index contributed by atoms with van der Waals surface area (Å²) in [5.41, 5.74) is 2.32. The van der Waals surface area contributed by atoms with E-state index in [1.54, 1.807) is 0 Å². The van der Waals surface area contributed by atoms with Crippen molar-refractivity contribution >= 4 is 21.4 Å². The predicted octanol–water partition coefficient (Wildman–Crippen LogP) is 0.834. The average molecular weight is 283 g/mol. The quantitative estimate of drug-likeness (QED) is 0.824. The van der Waals surface area contributed by atoms with Crippen LogP contribution in [0.15, 0.2) is 24.3 Å². The fraction of sp³-hybridized carbons (Fsp3) is 0.538. The Kier molecular flexibility index (Phi) is 4.01. The van der Waals surface area contributed by atoms with E-state index in [4.69, 9.17) is 0 Å². The first kappa shape index (κ1) is 14.1. The molecule has 1 aromatic rings. The highest BCUT2D eigenvalue weighted by atomic mass is 32.2. The minimum Gasteiger partial charge on any atom is -0.378 e. The van der Waals surface area contributed by atoms with E-state index in [0.29, 0.717) is 13.1 Å². The molecular formula is C13H21N3O2S. The van der Waals surface area contributed by atoms with Gasteiger partial charge in [0.1, 0.15) is 0 Å². The van der Waals surface area contributed by atoms with Crippen molar-refractivity contribution in [2.75, 3.05) is 56.3 Å². The van der Waals surface area contributed by atoms with Gasteiger partial charge in [-0.25, -0.2) is 8.42 Å². The molecular weight excluding hydrogens is 262 g/mol. The van der Waals surface area contributed by atoms with Crippen molar-refractivity contribution in [1.29, 1.82) is 0 Å². The van der Waals surface area contributed by atoms with Crippen molar-refractivity contribution < 1.29 is 8.42 Å². The predicted molar refractivity (Wildman–Crippen MR) is 79.4 cm³/mol. The molecule has 0 radical (unpaired) electrons. The summed E-state index contributed by atoms with van der Waals surface area (Å²) >= 11 is 0. The van der Waals surface area contributed by atoms with Crippen molar-refractivity contribution in [2.24, 2.45) is 0 Å². The summed E-state index contributed by atoms with van der Waals surface area (Å²) in [5.74, 6) is 0. The number of sulfonamides is 1. The molecule has 1 aromatic carbocycles. The third-order valence-corrected chi connectivity index (χ3v) is 4.74. The molecule has 0 aliphatic carbocycles. The highest BCUT2D eigenvalue weighted by Crippen LogP contribution is 2.21. The van der Waals surface area contributed by atoms with Crippen LogP contribution in [-0.2, 0) is 10.0 Å². The normalized spacial score (nSPS) is 17.5. The van der Waals surface area contributed by atoms with Gasteiger partial charge in [0, 0.05) is 51.6 Å². The first-order chi connectivity index (χ1) is 8.88. The molecule has 0 unspecified atom stereocenters. The maximum absolute atomic E-state index is 11.5. The molecule has 2 rings (SSSR count). The molecule has 5 nitrogen and oxygen atoms in total. The molecule has 0 amide bonds. The van der Waals surface area contributed by atoms with Gasteiger partial charge in [0.05, 0.1) is 6.26 Å². The van der Waals surface area contributed by atoms with Gasteiger partial charge < -0.3 is 9.80 Å². The zero-order valence-electron chi connectivity index (χ0n) is 11.7. The summed E-state index contributed by atoms with van der Waals surface area (Å²) in [6, 6.07) is 8.34. The summed E-state index contributed by atoms with van der Waals surface area (Å²) < 4.78 is 24.4. The third-order valence-electron chi connectivity index (χ3n) is 3.44. The summed E-state index contributed by atoms with van der Waals surface area (Å²) in [4.78, 5) is 4.28. The highest BCUT2D eigenvalue weighted by Gasteiger charge is 2.23. The van der Waals surface area contributed by atoms with Gasteiger partial charge in [0.25, 0.3) is 0 Å². The minimum absolute atomic E-state index is 0.564. The number of piperazine rings is 1. The summed E-state index contributed by atoms with van der Waals surface area (Å²) in [5, 5.41) is 0. The maximum atomic E-state index is 11.5. The van der Waals surface area contributed by atoms with Gasteiger partial charge >= 0.3 is 0 Å². The molecule has 0 bridgehead atoms. The number of anilines is 2. The van der Waals surface area contributed by atoms with Gasteiger partial charge in [-0.3, -0.25) is 0 Å².